The second-order valence-electron chi connectivity index (χ2n) is 3.21. The van der Waals surface area contributed by atoms with Gasteiger partial charge in [-0.1, -0.05) is 6.92 Å². The van der Waals surface area contributed by atoms with Crippen molar-refractivity contribution in [1.29, 1.82) is 0 Å². The first-order chi connectivity index (χ1) is 7.13. The van der Waals surface area contributed by atoms with E-state index in [0.717, 1.165) is 10.8 Å². The fourth-order valence-electron chi connectivity index (χ4n) is 0.846. The van der Waals surface area contributed by atoms with E-state index in [9.17, 15) is 10.1 Å². The van der Waals surface area contributed by atoms with Crippen LogP contribution in [-0.2, 0) is 0 Å². The largest absolute Gasteiger partial charge is 0.396 e. The summed E-state index contributed by atoms with van der Waals surface area (Å²) >= 11 is 1.48. The van der Waals surface area contributed by atoms with Crippen LogP contribution in [0, 0.1) is 16.0 Å². The molecule has 0 saturated heterocycles. The molecule has 0 fully saturated rings. The minimum atomic E-state index is -0.474. The number of aliphatic hydroxyl groups is 1. The van der Waals surface area contributed by atoms with E-state index >= 15 is 0 Å². The van der Waals surface area contributed by atoms with E-state index < -0.39 is 4.92 Å². The van der Waals surface area contributed by atoms with Gasteiger partial charge in [-0.3, -0.25) is 10.1 Å². The van der Waals surface area contributed by atoms with E-state index in [1.165, 1.54) is 24.0 Å². The zero-order chi connectivity index (χ0) is 11.3. The Labute approximate surface area is 91.7 Å². The maximum absolute atomic E-state index is 10.4. The van der Waals surface area contributed by atoms with Crippen LogP contribution in [0.25, 0.3) is 0 Å². The zero-order valence-electron chi connectivity index (χ0n) is 8.29. The average molecular weight is 228 g/mol. The Morgan fingerprint density at radius 1 is 1.67 bits per heavy atom. The molecule has 0 aliphatic heterocycles. The van der Waals surface area contributed by atoms with Crippen molar-refractivity contribution in [1.82, 2.24) is 4.98 Å². The Kier molecular flexibility index (Phi) is 4.51. The highest BCUT2D eigenvalue weighted by Crippen LogP contribution is 2.20. The molecule has 5 nitrogen and oxygen atoms in total. The topological polar surface area (TPSA) is 76.3 Å². The smallest absolute Gasteiger partial charge is 0.287 e. The summed E-state index contributed by atoms with van der Waals surface area (Å²) in [6, 6.07) is 3.05. The van der Waals surface area contributed by atoms with Crippen LogP contribution < -0.4 is 0 Å². The lowest BCUT2D eigenvalue weighted by Gasteiger charge is -2.05. The number of thioether (sulfide) groups is 1. The molecule has 1 heterocycles. The summed E-state index contributed by atoms with van der Waals surface area (Å²) in [6.07, 6.45) is 1.24. The van der Waals surface area contributed by atoms with Crippen molar-refractivity contribution in [2.24, 2.45) is 5.92 Å². The van der Waals surface area contributed by atoms with Gasteiger partial charge in [-0.2, -0.15) is 0 Å². The predicted molar refractivity (Wildman–Crippen MR) is 57.9 cm³/mol. The normalized spacial score (nSPS) is 12.4. The molecule has 82 valence electrons. The van der Waals surface area contributed by atoms with E-state index in [0.29, 0.717) is 0 Å². The van der Waals surface area contributed by atoms with Gasteiger partial charge in [0.2, 0.25) is 0 Å². The molecule has 1 aromatic rings. The number of aromatic nitrogens is 1. The fraction of sp³-hybridized carbons (Fsp3) is 0.444. The lowest BCUT2D eigenvalue weighted by molar-refractivity contribution is -0.385. The van der Waals surface area contributed by atoms with Gasteiger partial charge in [-0.15, -0.1) is 11.8 Å². The quantitative estimate of drug-likeness (QED) is 0.471. The molecule has 0 aromatic carbocycles. The van der Waals surface area contributed by atoms with Crippen LogP contribution in [0.2, 0.25) is 0 Å². The summed E-state index contributed by atoms with van der Waals surface area (Å²) in [7, 11) is 0. The molecule has 0 aliphatic rings. The molecule has 0 spiro atoms. The van der Waals surface area contributed by atoms with E-state index in [2.05, 4.69) is 4.98 Å². The van der Waals surface area contributed by atoms with E-state index in [-0.39, 0.29) is 18.2 Å². The molecule has 1 N–H and O–H groups in total. The first-order valence-corrected chi connectivity index (χ1v) is 5.46. The highest BCUT2D eigenvalue weighted by molar-refractivity contribution is 7.99. The Bertz CT molecular complexity index is 329. The molecular formula is C9H12N2O3S. The molecule has 0 bridgehead atoms. The molecule has 0 saturated carbocycles. The standard InChI is InChI=1S/C9H12N2O3S/c1-7(5-12)6-15-9-3-2-8(4-10-9)11(13)14/h2-4,7,12H,5-6H2,1H3. The predicted octanol–water partition coefficient (Wildman–Crippen LogP) is 1.71. The molecule has 1 unspecified atom stereocenters. The van der Waals surface area contributed by atoms with E-state index in [1.54, 1.807) is 6.07 Å². The Hall–Kier alpha value is -1.14. The highest BCUT2D eigenvalue weighted by atomic mass is 32.2. The summed E-state index contributed by atoms with van der Waals surface area (Å²) < 4.78 is 0. The number of pyridine rings is 1. The summed E-state index contributed by atoms with van der Waals surface area (Å²) in [4.78, 5) is 13.8. The third-order valence-corrected chi connectivity index (χ3v) is 3.03. The molecule has 1 atom stereocenters. The lowest BCUT2D eigenvalue weighted by Crippen LogP contribution is -2.03. The van der Waals surface area contributed by atoms with Gasteiger partial charge in [0.25, 0.3) is 5.69 Å². The van der Waals surface area contributed by atoms with Crippen molar-refractivity contribution in [2.75, 3.05) is 12.4 Å². The SMILES string of the molecule is CC(CO)CSc1ccc([N+](=O)[O-])cn1. The lowest BCUT2D eigenvalue weighted by atomic mass is 10.2. The fourth-order valence-corrected chi connectivity index (χ4v) is 1.70. The summed E-state index contributed by atoms with van der Waals surface area (Å²) in [5.74, 6) is 0.952. The number of hydrogen-bond donors (Lipinski definition) is 1. The van der Waals surface area contributed by atoms with Crippen LogP contribution in [-0.4, -0.2) is 27.4 Å². The Balaban J connectivity index is 2.53. The van der Waals surface area contributed by atoms with Gasteiger partial charge < -0.3 is 5.11 Å². The number of nitro groups is 1. The molecule has 15 heavy (non-hydrogen) atoms. The van der Waals surface area contributed by atoms with Crippen LogP contribution in [0.15, 0.2) is 23.4 Å². The number of nitrogens with zero attached hydrogens (tertiary/aromatic N) is 2. The molecular weight excluding hydrogens is 216 g/mol. The molecule has 0 aliphatic carbocycles. The maximum atomic E-state index is 10.4. The van der Waals surface area contributed by atoms with Gasteiger partial charge in [0, 0.05) is 18.4 Å². The molecule has 1 rings (SSSR count). The van der Waals surface area contributed by atoms with Crippen molar-refractivity contribution in [3.63, 3.8) is 0 Å². The van der Waals surface area contributed by atoms with E-state index in [4.69, 9.17) is 5.11 Å². The van der Waals surface area contributed by atoms with Crippen molar-refractivity contribution in [2.45, 2.75) is 11.9 Å². The molecule has 0 radical (unpaired) electrons. The van der Waals surface area contributed by atoms with Crippen LogP contribution in [0.1, 0.15) is 6.92 Å². The van der Waals surface area contributed by atoms with Gasteiger partial charge >= 0.3 is 0 Å². The van der Waals surface area contributed by atoms with Crippen LogP contribution in [0.4, 0.5) is 5.69 Å². The summed E-state index contributed by atoms with van der Waals surface area (Å²) in [5.41, 5.74) is -0.00504. The second-order valence-corrected chi connectivity index (χ2v) is 4.25. The zero-order valence-corrected chi connectivity index (χ0v) is 9.11. The van der Waals surface area contributed by atoms with Gasteiger partial charge in [0.1, 0.15) is 6.20 Å². The van der Waals surface area contributed by atoms with Gasteiger partial charge in [0.15, 0.2) is 0 Å². The second kappa shape index (κ2) is 5.67. The van der Waals surface area contributed by atoms with Crippen molar-refractivity contribution < 1.29 is 10.0 Å². The van der Waals surface area contributed by atoms with Gasteiger partial charge in [-0.25, -0.2) is 4.98 Å². The Morgan fingerprint density at radius 3 is 2.87 bits per heavy atom. The molecule has 0 amide bonds. The van der Waals surface area contributed by atoms with Crippen LogP contribution in [0.5, 0.6) is 0 Å². The number of hydrogen-bond acceptors (Lipinski definition) is 5. The molecule has 1 aromatic heterocycles. The van der Waals surface area contributed by atoms with E-state index in [1.807, 2.05) is 6.92 Å². The van der Waals surface area contributed by atoms with Crippen molar-refractivity contribution >= 4 is 17.4 Å². The van der Waals surface area contributed by atoms with Crippen molar-refractivity contribution in [3.05, 3.63) is 28.4 Å². The minimum Gasteiger partial charge on any atom is -0.396 e. The monoisotopic (exact) mass is 228 g/mol. The minimum absolute atomic E-state index is 0.00504. The van der Waals surface area contributed by atoms with Gasteiger partial charge in [0.05, 0.1) is 9.95 Å². The Morgan fingerprint density at radius 2 is 2.40 bits per heavy atom. The highest BCUT2D eigenvalue weighted by Gasteiger charge is 2.06. The molecule has 6 heteroatoms. The van der Waals surface area contributed by atoms with Crippen LogP contribution >= 0.6 is 11.8 Å². The van der Waals surface area contributed by atoms with Gasteiger partial charge in [-0.05, 0) is 12.0 Å². The first-order valence-electron chi connectivity index (χ1n) is 4.47. The summed E-state index contributed by atoms with van der Waals surface area (Å²) in [5, 5.41) is 19.9. The maximum Gasteiger partial charge on any atom is 0.287 e. The third-order valence-electron chi connectivity index (χ3n) is 1.76. The summed E-state index contributed by atoms with van der Waals surface area (Å²) in [6.45, 7) is 2.07. The number of aliphatic hydroxyl groups excluding tert-OH is 1. The third kappa shape index (κ3) is 3.85. The average Bonchev–Trinajstić information content (AvgIpc) is 2.26. The first kappa shape index (κ1) is 11.9. The van der Waals surface area contributed by atoms with Crippen molar-refractivity contribution in [3.8, 4) is 0 Å². The number of rotatable bonds is 5. The van der Waals surface area contributed by atoms with Crippen LogP contribution in [0.3, 0.4) is 0 Å².